The molecule has 1 amide bonds. The topological polar surface area (TPSA) is 43.5 Å². The largest absolute Gasteiger partial charge is 0.468 e. The molecule has 0 spiro atoms. The minimum Gasteiger partial charge on any atom is -0.468 e. The van der Waals surface area contributed by atoms with Gasteiger partial charge in [0.25, 0.3) is 0 Å². The van der Waals surface area contributed by atoms with E-state index in [0.717, 1.165) is 0 Å². The summed E-state index contributed by atoms with van der Waals surface area (Å²) < 4.78 is 0. The molecule has 0 fully saturated rings. The van der Waals surface area contributed by atoms with Crippen LogP contribution in [0.4, 0.5) is 0 Å². The van der Waals surface area contributed by atoms with Gasteiger partial charge < -0.3 is 10.3 Å². The fraction of sp³-hybridized carbons (Fsp3) is 0.714. The second kappa shape index (κ2) is 4.60. The van der Waals surface area contributed by atoms with Crippen LogP contribution in [-0.2, 0) is 24.3 Å². The summed E-state index contributed by atoms with van der Waals surface area (Å²) >= 11 is 0. The third-order valence-electron chi connectivity index (χ3n) is 1.36. The van der Waals surface area contributed by atoms with Crippen LogP contribution in [0.5, 0.6) is 0 Å². The summed E-state index contributed by atoms with van der Waals surface area (Å²) in [4.78, 5) is 14.8. The predicted octanol–water partition coefficient (Wildman–Crippen LogP) is 1.34. The van der Waals surface area contributed by atoms with E-state index >= 15 is 0 Å². The number of amides is 1. The Kier molecular flexibility index (Phi) is 4.50. The van der Waals surface area contributed by atoms with Gasteiger partial charge in [-0.25, -0.2) is 0 Å². The summed E-state index contributed by atoms with van der Waals surface area (Å²) in [6.45, 7) is 4.59. The summed E-state index contributed by atoms with van der Waals surface area (Å²) in [5.74, 6) is 0.958. The summed E-state index contributed by atoms with van der Waals surface area (Å²) in [6, 6.07) is 0. The van der Waals surface area contributed by atoms with E-state index in [0.29, 0.717) is 18.8 Å². The zero-order valence-corrected chi connectivity index (χ0v) is 8.27. The second-order valence-corrected chi connectivity index (χ2v) is 2.65. The van der Waals surface area contributed by atoms with Gasteiger partial charge in [0.05, 0.1) is 0 Å². The van der Waals surface area contributed by atoms with E-state index < -0.39 is 0 Å². The van der Waals surface area contributed by atoms with Gasteiger partial charge in [0.2, 0.25) is 0 Å². The molecule has 11 heavy (non-hydrogen) atoms. The average Bonchev–Trinajstić information content (AvgIpc) is 1.88. The minimum atomic E-state index is -0.0290. The summed E-state index contributed by atoms with van der Waals surface area (Å²) in [5, 5.41) is 3.79. The van der Waals surface area contributed by atoms with E-state index in [9.17, 15) is 4.79 Å². The summed E-state index contributed by atoms with van der Waals surface area (Å²) in [6.07, 6.45) is 0.482. The number of aliphatic imine (C=N–C) groups is 1. The number of carbonyl (C=O) groups excluding carboxylic acids is 1. The van der Waals surface area contributed by atoms with Gasteiger partial charge in [0.15, 0.2) is 0 Å². The first kappa shape index (κ1) is 10.8. The van der Waals surface area contributed by atoms with Gasteiger partial charge in [-0.1, -0.05) is 19.7 Å². The molecular weight excluding hydrogens is 231 g/mol. The van der Waals surface area contributed by atoms with E-state index in [1.54, 1.807) is 0 Å². The fourth-order valence-electron chi connectivity index (χ4n) is 0.797. The molecule has 0 aromatic heterocycles. The molecule has 0 aliphatic carbocycles. The third kappa shape index (κ3) is 3.11. The van der Waals surface area contributed by atoms with Crippen molar-refractivity contribution in [1.82, 2.24) is 0 Å². The number of amidine groups is 1. The maximum atomic E-state index is 10.7. The molecule has 3 nitrogen and oxygen atoms in total. The molecule has 1 rings (SSSR count). The molecule has 0 N–H and O–H groups in total. The van der Waals surface area contributed by atoms with Crippen molar-refractivity contribution in [2.24, 2.45) is 10.9 Å². The SMILES string of the molecule is CC(C)C1=NCCC(=O)[N-]1.[Rh]. The number of rotatable bonds is 1. The molecule has 4 heteroatoms. The van der Waals surface area contributed by atoms with Crippen LogP contribution in [0.3, 0.4) is 0 Å². The Morgan fingerprint density at radius 2 is 2.18 bits per heavy atom. The van der Waals surface area contributed by atoms with Crippen molar-refractivity contribution in [2.45, 2.75) is 20.3 Å². The molecule has 1 aliphatic heterocycles. The Morgan fingerprint density at radius 3 is 2.55 bits per heavy atom. The van der Waals surface area contributed by atoms with Gasteiger partial charge in [0.1, 0.15) is 5.91 Å². The van der Waals surface area contributed by atoms with E-state index in [-0.39, 0.29) is 31.3 Å². The smallest absolute Gasteiger partial charge is 0.146 e. The molecule has 1 radical (unpaired) electrons. The molecule has 0 unspecified atom stereocenters. The zero-order valence-electron chi connectivity index (χ0n) is 6.63. The maximum absolute atomic E-state index is 10.7. The standard InChI is InChI=1S/C7H12N2O.Rh/c1-5(2)7-8-4-3-6(10)9-7;/h5H,3-4H2,1-2H3,(H,8,9,10);/p-1. The molecule has 0 aromatic rings. The summed E-state index contributed by atoms with van der Waals surface area (Å²) in [5.41, 5.74) is 0. The van der Waals surface area contributed by atoms with Gasteiger partial charge in [-0.2, -0.15) is 0 Å². The molecule has 0 atom stereocenters. The van der Waals surface area contributed by atoms with Crippen molar-refractivity contribution < 1.29 is 24.3 Å². The Balaban J connectivity index is 0.000001000. The van der Waals surface area contributed by atoms with Gasteiger partial charge >= 0.3 is 0 Å². The molecule has 1 aliphatic rings. The van der Waals surface area contributed by atoms with E-state index in [1.165, 1.54) is 0 Å². The maximum Gasteiger partial charge on any atom is 0.146 e. The first-order valence-corrected chi connectivity index (χ1v) is 3.49. The monoisotopic (exact) mass is 242 g/mol. The Bertz CT molecular complexity index is 177. The number of carbonyl (C=O) groups is 1. The second-order valence-electron chi connectivity index (χ2n) is 2.65. The van der Waals surface area contributed by atoms with E-state index in [2.05, 4.69) is 10.3 Å². The molecule has 0 saturated carbocycles. The van der Waals surface area contributed by atoms with Gasteiger partial charge in [-0.05, 0) is 12.5 Å². The molecular formula is C7H11N2ORh-. The van der Waals surface area contributed by atoms with Gasteiger partial charge in [-0.15, -0.1) is 0 Å². The van der Waals surface area contributed by atoms with Crippen LogP contribution in [-0.4, -0.2) is 18.3 Å². The third-order valence-corrected chi connectivity index (χ3v) is 1.36. The van der Waals surface area contributed by atoms with Crippen LogP contribution >= 0.6 is 0 Å². The van der Waals surface area contributed by atoms with E-state index in [1.807, 2.05) is 13.8 Å². The van der Waals surface area contributed by atoms with Crippen LogP contribution in [0.25, 0.3) is 5.32 Å². The predicted molar refractivity (Wildman–Crippen MR) is 40.1 cm³/mol. The van der Waals surface area contributed by atoms with Crippen LogP contribution < -0.4 is 0 Å². The van der Waals surface area contributed by atoms with Crippen LogP contribution in [0.15, 0.2) is 4.99 Å². The van der Waals surface area contributed by atoms with E-state index in [4.69, 9.17) is 0 Å². The van der Waals surface area contributed by atoms with Crippen molar-refractivity contribution in [3.05, 3.63) is 5.32 Å². The quantitative estimate of drug-likeness (QED) is 0.640. The van der Waals surface area contributed by atoms with Crippen molar-refractivity contribution >= 4 is 11.7 Å². The van der Waals surface area contributed by atoms with Crippen LogP contribution in [0.1, 0.15) is 20.3 Å². The van der Waals surface area contributed by atoms with Crippen molar-refractivity contribution in [2.75, 3.05) is 6.54 Å². The number of hydrogen-bond acceptors (Lipinski definition) is 2. The first-order chi connectivity index (χ1) is 4.70. The molecule has 0 saturated heterocycles. The molecule has 0 aromatic carbocycles. The van der Waals surface area contributed by atoms with Crippen molar-refractivity contribution in [1.29, 1.82) is 0 Å². The zero-order chi connectivity index (χ0) is 7.56. The first-order valence-electron chi connectivity index (χ1n) is 3.49. The number of hydrogen-bond donors (Lipinski definition) is 0. The number of nitrogens with zero attached hydrogens (tertiary/aromatic N) is 2. The van der Waals surface area contributed by atoms with Crippen molar-refractivity contribution in [3.63, 3.8) is 0 Å². The normalized spacial score (nSPS) is 17.0. The Labute approximate surface area is 79.4 Å². The van der Waals surface area contributed by atoms with Crippen LogP contribution in [0.2, 0.25) is 0 Å². The molecule has 65 valence electrons. The summed E-state index contributed by atoms with van der Waals surface area (Å²) in [7, 11) is 0. The average molecular weight is 242 g/mol. The van der Waals surface area contributed by atoms with Crippen LogP contribution in [0, 0.1) is 5.92 Å². The van der Waals surface area contributed by atoms with Crippen molar-refractivity contribution in [3.8, 4) is 0 Å². The minimum absolute atomic E-state index is 0. The Hall–Kier alpha value is -0.237. The van der Waals surface area contributed by atoms with Gasteiger partial charge in [-0.3, -0.25) is 4.79 Å². The molecule has 1 heterocycles. The van der Waals surface area contributed by atoms with Gasteiger partial charge in [0, 0.05) is 25.9 Å². The Morgan fingerprint density at radius 1 is 1.55 bits per heavy atom. The molecule has 0 bridgehead atoms. The fourth-order valence-corrected chi connectivity index (χ4v) is 0.797.